The lowest BCUT2D eigenvalue weighted by molar-refractivity contribution is 0.173. The van der Waals surface area contributed by atoms with Crippen molar-refractivity contribution in [2.75, 3.05) is 0 Å². The zero-order valence-electron chi connectivity index (χ0n) is 10.8. The molecular formula is C16H17BrO2. The summed E-state index contributed by atoms with van der Waals surface area (Å²) >= 11 is 3.41. The highest BCUT2D eigenvalue weighted by Gasteiger charge is 2.04. The molecule has 0 bridgehead atoms. The molecule has 19 heavy (non-hydrogen) atoms. The van der Waals surface area contributed by atoms with Crippen LogP contribution in [-0.2, 0) is 6.61 Å². The van der Waals surface area contributed by atoms with Gasteiger partial charge in [0.1, 0.15) is 12.4 Å². The van der Waals surface area contributed by atoms with Gasteiger partial charge in [-0.25, -0.2) is 0 Å². The topological polar surface area (TPSA) is 29.5 Å². The highest BCUT2D eigenvalue weighted by molar-refractivity contribution is 9.10. The molecule has 0 unspecified atom stereocenters. The predicted octanol–water partition coefficient (Wildman–Crippen LogP) is 4.47. The molecule has 2 aromatic rings. The summed E-state index contributed by atoms with van der Waals surface area (Å²) in [5.74, 6) is 0.815. The van der Waals surface area contributed by atoms with Crippen LogP contribution in [0.25, 0.3) is 0 Å². The van der Waals surface area contributed by atoms with Gasteiger partial charge in [0.25, 0.3) is 0 Å². The summed E-state index contributed by atoms with van der Waals surface area (Å²) in [6.07, 6.45) is 0.333. The second kappa shape index (κ2) is 6.73. The molecule has 1 N–H and O–H groups in total. The maximum absolute atomic E-state index is 9.71. The van der Waals surface area contributed by atoms with Crippen molar-refractivity contribution in [2.45, 2.75) is 26.1 Å². The van der Waals surface area contributed by atoms with Crippen LogP contribution in [0.1, 0.15) is 30.6 Å². The minimum Gasteiger partial charge on any atom is -0.489 e. The summed E-state index contributed by atoms with van der Waals surface area (Å²) in [6.45, 7) is 2.51. The van der Waals surface area contributed by atoms with Gasteiger partial charge in [0, 0.05) is 4.47 Å². The van der Waals surface area contributed by atoms with E-state index in [-0.39, 0.29) is 6.10 Å². The molecule has 0 saturated carbocycles. The fraction of sp³-hybridized carbons (Fsp3) is 0.250. The Hall–Kier alpha value is -1.32. The van der Waals surface area contributed by atoms with Gasteiger partial charge >= 0.3 is 0 Å². The molecule has 100 valence electrons. The van der Waals surface area contributed by atoms with Gasteiger partial charge in [-0.05, 0) is 41.8 Å². The minimum absolute atomic E-state index is 0.388. The second-order valence-electron chi connectivity index (χ2n) is 4.41. The third-order valence-electron chi connectivity index (χ3n) is 2.97. The first-order valence-electron chi connectivity index (χ1n) is 6.34. The number of benzene rings is 2. The smallest absolute Gasteiger partial charge is 0.119 e. The maximum Gasteiger partial charge on any atom is 0.119 e. The fourth-order valence-electron chi connectivity index (χ4n) is 1.77. The van der Waals surface area contributed by atoms with Gasteiger partial charge in [0.2, 0.25) is 0 Å². The number of aliphatic hydroxyl groups excluding tert-OH is 1. The number of hydrogen-bond donors (Lipinski definition) is 1. The first-order chi connectivity index (χ1) is 9.19. The summed E-state index contributed by atoms with van der Waals surface area (Å²) in [5.41, 5.74) is 2.05. The van der Waals surface area contributed by atoms with Gasteiger partial charge in [-0.3, -0.25) is 0 Å². The van der Waals surface area contributed by atoms with E-state index in [0.29, 0.717) is 6.61 Å². The monoisotopic (exact) mass is 320 g/mol. The van der Waals surface area contributed by atoms with Crippen LogP contribution in [0.4, 0.5) is 0 Å². The van der Waals surface area contributed by atoms with Crippen LogP contribution in [0.5, 0.6) is 5.75 Å². The zero-order valence-corrected chi connectivity index (χ0v) is 12.4. The van der Waals surface area contributed by atoms with Gasteiger partial charge in [-0.1, -0.05) is 47.1 Å². The quantitative estimate of drug-likeness (QED) is 0.880. The molecule has 0 saturated heterocycles. The van der Waals surface area contributed by atoms with E-state index in [1.807, 2.05) is 55.5 Å². The SMILES string of the molecule is CC[C@H](O)c1ccc(OCc2ccc(Br)cc2)cc1. The Morgan fingerprint density at radius 1 is 1.05 bits per heavy atom. The van der Waals surface area contributed by atoms with E-state index in [9.17, 15) is 5.11 Å². The van der Waals surface area contributed by atoms with Gasteiger partial charge < -0.3 is 9.84 Å². The highest BCUT2D eigenvalue weighted by atomic mass is 79.9. The molecule has 0 amide bonds. The van der Waals surface area contributed by atoms with E-state index in [1.54, 1.807) is 0 Å². The Labute approximate surface area is 122 Å². The Kier molecular flexibility index (Phi) is 5.00. The number of rotatable bonds is 5. The molecule has 3 heteroatoms. The van der Waals surface area contributed by atoms with E-state index in [2.05, 4.69) is 15.9 Å². The largest absolute Gasteiger partial charge is 0.489 e. The highest BCUT2D eigenvalue weighted by Crippen LogP contribution is 2.20. The molecular weight excluding hydrogens is 304 g/mol. The van der Waals surface area contributed by atoms with E-state index in [1.165, 1.54) is 0 Å². The number of hydrogen-bond acceptors (Lipinski definition) is 2. The van der Waals surface area contributed by atoms with Gasteiger partial charge in [0.05, 0.1) is 6.10 Å². The maximum atomic E-state index is 9.71. The van der Waals surface area contributed by atoms with Crippen molar-refractivity contribution < 1.29 is 9.84 Å². The first-order valence-corrected chi connectivity index (χ1v) is 7.13. The van der Waals surface area contributed by atoms with E-state index >= 15 is 0 Å². The van der Waals surface area contributed by atoms with Crippen LogP contribution in [0.2, 0.25) is 0 Å². The molecule has 1 atom stereocenters. The van der Waals surface area contributed by atoms with Gasteiger partial charge in [0.15, 0.2) is 0 Å². The molecule has 0 spiro atoms. The average molecular weight is 321 g/mol. The van der Waals surface area contributed by atoms with Crippen molar-refractivity contribution in [3.05, 3.63) is 64.1 Å². The molecule has 0 heterocycles. The molecule has 2 nitrogen and oxygen atoms in total. The van der Waals surface area contributed by atoms with Crippen molar-refractivity contribution in [1.82, 2.24) is 0 Å². The van der Waals surface area contributed by atoms with Crippen LogP contribution in [-0.4, -0.2) is 5.11 Å². The van der Waals surface area contributed by atoms with Crippen molar-refractivity contribution in [2.24, 2.45) is 0 Å². The lowest BCUT2D eigenvalue weighted by Crippen LogP contribution is -1.97. The van der Waals surface area contributed by atoms with E-state index in [0.717, 1.165) is 27.8 Å². The molecule has 2 aromatic carbocycles. The Bertz CT molecular complexity index is 505. The van der Waals surface area contributed by atoms with Crippen LogP contribution in [0, 0.1) is 0 Å². The molecule has 0 aliphatic rings. The minimum atomic E-state index is -0.388. The molecule has 0 radical (unpaired) electrons. The Morgan fingerprint density at radius 3 is 2.26 bits per heavy atom. The lowest BCUT2D eigenvalue weighted by atomic mass is 10.1. The van der Waals surface area contributed by atoms with Crippen molar-refractivity contribution in [1.29, 1.82) is 0 Å². The lowest BCUT2D eigenvalue weighted by Gasteiger charge is -2.10. The number of ether oxygens (including phenoxy) is 1. The molecule has 0 aromatic heterocycles. The summed E-state index contributed by atoms with van der Waals surface area (Å²) in [7, 11) is 0. The van der Waals surface area contributed by atoms with Crippen LogP contribution < -0.4 is 4.74 Å². The molecule has 0 aliphatic heterocycles. The van der Waals surface area contributed by atoms with E-state index in [4.69, 9.17) is 4.74 Å². The number of aliphatic hydroxyl groups is 1. The van der Waals surface area contributed by atoms with Crippen molar-refractivity contribution in [3.63, 3.8) is 0 Å². The molecule has 0 aliphatic carbocycles. The third kappa shape index (κ3) is 4.08. The Morgan fingerprint density at radius 2 is 1.68 bits per heavy atom. The zero-order chi connectivity index (χ0) is 13.7. The van der Waals surface area contributed by atoms with Crippen LogP contribution in [0.15, 0.2) is 53.0 Å². The van der Waals surface area contributed by atoms with Crippen molar-refractivity contribution in [3.8, 4) is 5.75 Å². The summed E-state index contributed by atoms with van der Waals surface area (Å²) in [6, 6.07) is 15.7. The summed E-state index contributed by atoms with van der Waals surface area (Å²) < 4.78 is 6.77. The Balaban J connectivity index is 1.94. The fourth-order valence-corrected chi connectivity index (χ4v) is 2.03. The predicted molar refractivity (Wildman–Crippen MR) is 80.2 cm³/mol. The summed E-state index contributed by atoms with van der Waals surface area (Å²) in [4.78, 5) is 0. The van der Waals surface area contributed by atoms with Crippen molar-refractivity contribution >= 4 is 15.9 Å². The van der Waals surface area contributed by atoms with Gasteiger partial charge in [-0.2, -0.15) is 0 Å². The van der Waals surface area contributed by atoms with Crippen LogP contribution >= 0.6 is 15.9 Å². The third-order valence-corrected chi connectivity index (χ3v) is 3.50. The number of halogens is 1. The van der Waals surface area contributed by atoms with Gasteiger partial charge in [-0.15, -0.1) is 0 Å². The first kappa shape index (κ1) is 14.1. The standard InChI is InChI=1S/C16H17BrO2/c1-2-16(18)13-5-9-15(10-6-13)19-11-12-3-7-14(17)8-4-12/h3-10,16,18H,2,11H2,1H3/t16-/m0/s1. The van der Waals surface area contributed by atoms with E-state index < -0.39 is 0 Å². The van der Waals surface area contributed by atoms with Crippen LogP contribution in [0.3, 0.4) is 0 Å². The molecule has 0 fully saturated rings. The second-order valence-corrected chi connectivity index (χ2v) is 5.32. The summed E-state index contributed by atoms with van der Waals surface area (Å²) in [5, 5.41) is 9.71. The molecule has 2 rings (SSSR count). The average Bonchev–Trinajstić information content (AvgIpc) is 2.46. The normalized spacial score (nSPS) is 12.2.